The zero-order valence-corrected chi connectivity index (χ0v) is 9.62. The van der Waals surface area contributed by atoms with Gasteiger partial charge in [-0.1, -0.05) is 41.0 Å². The first kappa shape index (κ1) is 14.8. The summed E-state index contributed by atoms with van der Waals surface area (Å²) < 4.78 is 0. The molecule has 0 atom stereocenters. The van der Waals surface area contributed by atoms with E-state index >= 15 is 0 Å². The molecule has 2 aliphatic heterocycles. The zero-order chi connectivity index (χ0) is 10.5. The number of hydrogen-bond donors (Lipinski definition) is 0. The van der Waals surface area contributed by atoms with Crippen LogP contribution in [0.1, 0.15) is 47.5 Å². The fourth-order valence-electron chi connectivity index (χ4n) is 0.210. The monoisotopic (exact) mass is 185 g/mol. The average molecular weight is 185 g/mol. The SMILES string of the molecule is C1=NC1.CC.CCC.CCC1N=N1. The van der Waals surface area contributed by atoms with Crippen LogP contribution in [-0.2, 0) is 0 Å². The molecular formula is C10H23N3. The van der Waals surface area contributed by atoms with E-state index in [0.29, 0.717) is 6.17 Å². The molecule has 0 amide bonds. The van der Waals surface area contributed by atoms with Crippen molar-refractivity contribution >= 4 is 6.21 Å². The maximum Gasteiger partial charge on any atom is 0.180 e. The predicted octanol–water partition coefficient (Wildman–Crippen LogP) is 3.70. The molecule has 0 saturated heterocycles. The van der Waals surface area contributed by atoms with Gasteiger partial charge in [0.05, 0.1) is 6.54 Å². The van der Waals surface area contributed by atoms with Crippen LogP contribution in [0.5, 0.6) is 0 Å². The molecule has 3 heteroatoms. The van der Waals surface area contributed by atoms with Gasteiger partial charge >= 0.3 is 0 Å². The smallest absolute Gasteiger partial charge is 0.180 e. The third-order valence-corrected chi connectivity index (χ3v) is 0.826. The molecule has 0 saturated carbocycles. The van der Waals surface area contributed by atoms with E-state index in [2.05, 4.69) is 36.0 Å². The van der Waals surface area contributed by atoms with E-state index in [1.807, 2.05) is 20.1 Å². The van der Waals surface area contributed by atoms with E-state index in [1.54, 1.807) is 0 Å². The molecule has 3 nitrogen and oxygen atoms in total. The standard InChI is InChI=1S/C3H6N2.C3H8.C2H3N.C2H6/c1-2-3-4-5-3;1-3-2;1-2-3-1;1-2/h3H,2H2,1H3;3H2,1-2H3;1H,2H2;1-2H3. The highest BCUT2D eigenvalue weighted by Crippen LogP contribution is 2.12. The minimum atomic E-state index is 0.384. The van der Waals surface area contributed by atoms with Crippen molar-refractivity contribution in [1.82, 2.24) is 0 Å². The lowest BCUT2D eigenvalue weighted by atomic mass is 10.5. The summed E-state index contributed by atoms with van der Waals surface area (Å²) in [6.45, 7) is 11.3. The molecule has 0 aromatic rings. The van der Waals surface area contributed by atoms with E-state index in [0.717, 1.165) is 13.0 Å². The van der Waals surface area contributed by atoms with Gasteiger partial charge in [-0.3, -0.25) is 4.99 Å². The van der Waals surface area contributed by atoms with E-state index in [-0.39, 0.29) is 0 Å². The second kappa shape index (κ2) is 13.8. The first-order valence-corrected chi connectivity index (χ1v) is 5.23. The highest BCUT2D eigenvalue weighted by Gasteiger charge is 2.09. The summed E-state index contributed by atoms with van der Waals surface area (Å²) in [5.74, 6) is 0. The van der Waals surface area contributed by atoms with Crippen LogP contribution in [0, 0.1) is 0 Å². The Kier molecular flexibility index (Phi) is 15.7. The molecule has 0 unspecified atom stereocenters. The first-order valence-electron chi connectivity index (χ1n) is 5.23. The van der Waals surface area contributed by atoms with Gasteiger partial charge in [0, 0.05) is 6.21 Å². The first-order chi connectivity index (χ1) is 6.35. The highest BCUT2D eigenvalue weighted by molar-refractivity contribution is 5.71. The number of nitrogens with zero attached hydrogens (tertiary/aromatic N) is 3. The fourth-order valence-corrected chi connectivity index (χ4v) is 0.210. The molecule has 0 bridgehead atoms. The summed E-state index contributed by atoms with van der Waals surface area (Å²) in [7, 11) is 0. The lowest BCUT2D eigenvalue weighted by Crippen LogP contribution is -1.72. The van der Waals surface area contributed by atoms with Gasteiger partial charge in [-0.15, -0.1) is 0 Å². The number of aliphatic imine (C=N–C) groups is 1. The van der Waals surface area contributed by atoms with Crippen LogP contribution in [0.2, 0.25) is 0 Å². The van der Waals surface area contributed by atoms with Gasteiger partial charge in [-0.2, -0.15) is 10.2 Å². The molecule has 78 valence electrons. The van der Waals surface area contributed by atoms with Crippen LogP contribution in [0.3, 0.4) is 0 Å². The van der Waals surface area contributed by atoms with Crippen molar-refractivity contribution in [3.8, 4) is 0 Å². The Bertz CT molecular complexity index is 120. The lowest BCUT2D eigenvalue weighted by Gasteiger charge is -1.68. The van der Waals surface area contributed by atoms with Crippen molar-refractivity contribution in [2.45, 2.75) is 53.6 Å². The molecule has 2 rings (SSSR count). The normalized spacial score (nSPS) is 13.9. The van der Waals surface area contributed by atoms with Crippen LogP contribution < -0.4 is 0 Å². The second-order valence-electron chi connectivity index (χ2n) is 2.37. The molecule has 0 fully saturated rings. The summed E-state index contributed by atoms with van der Waals surface area (Å²) in [4.78, 5) is 3.62. The topological polar surface area (TPSA) is 37.1 Å². The Morgan fingerprint density at radius 3 is 1.46 bits per heavy atom. The van der Waals surface area contributed by atoms with Crippen molar-refractivity contribution in [3.63, 3.8) is 0 Å². The minimum Gasteiger partial charge on any atom is -0.290 e. The molecule has 0 spiro atoms. The van der Waals surface area contributed by atoms with Gasteiger partial charge in [0.25, 0.3) is 0 Å². The third-order valence-electron chi connectivity index (χ3n) is 0.826. The number of rotatable bonds is 1. The average Bonchev–Trinajstić information content (AvgIpc) is 3.01. The fraction of sp³-hybridized carbons (Fsp3) is 0.900. The van der Waals surface area contributed by atoms with Gasteiger partial charge in [-0.05, 0) is 6.42 Å². The lowest BCUT2D eigenvalue weighted by molar-refractivity contribution is 0.870. The molecule has 2 heterocycles. The minimum absolute atomic E-state index is 0.384. The Labute approximate surface area is 82.4 Å². The molecular weight excluding hydrogens is 162 g/mol. The van der Waals surface area contributed by atoms with Gasteiger partial charge in [-0.25, -0.2) is 0 Å². The van der Waals surface area contributed by atoms with Gasteiger partial charge < -0.3 is 0 Å². The maximum atomic E-state index is 3.65. The van der Waals surface area contributed by atoms with Crippen molar-refractivity contribution in [1.29, 1.82) is 0 Å². The van der Waals surface area contributed by atoms with E-state index in [9.17, 15) is 0 Å². The van der Waals surface area contributed by atoms with E-state index in [1.165, 1.54) is 6.42 Å². The van der Waals surface area contributed by atoms with Crippen molar-refractivity contribution in [2.75, 3.05) is 6.54 Å². The summed E-state index contributed by atoms with van der Waals surface area (Å²) in [6.07, 6.45) is 4.59. The highest BCUT2D eigenvalue weighted by atomic mass is 15.4. The molecule has 0 N–H and O–H groups in total. The molecule has 13 heavy (non-hydrogen) atoms. The van der Waals surface area contributed by atoms with E-state index in [4.69, 9.17) is 0 Å². The quantitative estimate of drug-likeness (QED) is 0.597. The summed E-state index contributed by atoms with van der Waals surface area (Å²) in [5, 5.41) is 7.29. The predicted molar refractivity (Wildman–Crippen MR) is 59.6 cm³/mol. The third kappa shape index (κ3) is 34.9. The van der Waals surface area contributed by atoms with Crippen LogP contribution in [0.4, 0.5) is 0 Å². The number of hydrogen-bond acceptors (Lipinski definition) is 3. The Morgan fingerprint density at radius 2 is 1.46 bits per heavy atom. The van der Waals surface area contributed by atoms with Crippen LogP contribution in [0.25, 0.3) is 0 Å². The van der Waals surface area contributed by atoms with Gasteiger partial charge in [0.2, 0.25) is 0 Å². The largest absolute Gasteiger partial charge is 0.290 e. The molecule has 2 aliphatic rings. The van der Waals surface area contributed by atoms with Gasteiger partial charge in [0.15, 0.2) is 6.17 Å². The van der Waals surface area contributed by atoms with Crippen molar-refractivity contribution in [2.24, 2.45) is 15.2 Å². The summed E-state index contributed by atoms with van der Waals surface area (Å²) in [5.41, 5.74) is 0. The molecule has 0 radical (unpaired) electrons. The molecule has 0 aliphatic carbocycles. The van der Waals surface area contributed by atoms with Crippen LogP contribution in [0.15, 0.2) is 15.2 Å². The molecule has 0 aromatic heterocycles. The second-order valence-corrected chi connectivity index (χ2v) is 2.37. The van der Waals surface area contributed by atoms with Crippen LogP contribution >= 0.6 is 0 Å². The Hall–Kier alpha value is -0.730. The van der Waals surface area contributed by atoms with Crippen LogP contribution in [-0.4, -0.2) is 18.9 Å². The van der Waals surface area contributed by atoms with E-state index < -0.39 is 0 Å². The Balaban J connectivity index is 0. The molecule has 0 aromatic carbocycles. The Morgan fingerprint density at radius 1 is 1.15 bits per heavy atom. The van der Waals surface area contributed by atoms with Gasteiger partial charge in [0.1, 0.15) is 0 Å². The summed E-state index contributed by atoms with van der Waals surface area (Å²) >= 11 is 0. The van der Waals surface area contributed by atoms with Crippen molar-refractivity contribution in [3.05, 3.63) is 0 Å². The maximum absolute atomic E-state index is 3.65. The summed E-state index contributed by atoms with van der Waals surface area (Å²) in [6, 6.07) is 0. The van der Waals surface area contributed by atoms with Crippen molar-refractivity contribution < 1.29 is 0 Å². The zero-order valence-electron chi connectivity index (χ0n) is 9.62.